The third-order valence-electron chi connectivity index (χ3n) is 5.78. The number of hydrogen-bond acceptors (Lipinski definition) is 6. The minimum absolute atomic E-state index is 0.373. The van der Waals surface area contributed by atoms with Crippen LogP contribution in [0.25, 0.3) is 10.9 Å². The summed E-state index contributed by atoms with van der Waals surface area (Å²) in [5.74, 6) is 1.02. The van der Waals surface area contributed by atoms with Crippen molar-refractivity contribution in [3.8, 4) is 5.75 Å². The minimum atomic E-state index is -0.373. The molecule has 3 fully saturated rings. The van der Waals surface area contributed by atoms with E-state index in [-0.39, 0.29) is 5.97 Å². The quantitative estimate of drug-likeness (QED) is 0.764. The zero-order valence-corrected chi connectivity index (χ0v) is 15.4. The van der Waals surface area contributed by atoms with E-state index in [1.54, 1.807) is 13.2 Å². The van der Waals surface area contributed by atoms with E-state index in [1.165, 1.54) is 33.0 Å². The fourth-order valence-corrected chi connectivity index (χ4v) is 4.34. The van der Waals surface area contributed by atoms with Gasteiger partial charge < -0.3 is 19.7 Å². The zero-order valence-electron chi connectivity index (χ0n) is 15.4. The van der Waals surface area contributed by atoms with Gasteiger partial charge in [-0.3, -0.25) is 5.10 Å². The minimum Gasteiger partial charge on any atom is -0.497 e. The first kappa shape index (κ1) is 17.3. The molecular formula is C19H26N4O3. The number of nitrogens with one attached hydrogen (secondary N) is 2. The van der Waals surface area contributed by atoms with Crippen LogP contribution in [0.5, 0.6) is 5.75 Å². The summed E-state index contributed by atoms with van der Waals surface area (Å²) in [5, 5.41) is 12.0. The number of rotatable bonds is 6. The number of methoxy groups -OCH3 is 2. The molecule has 1 aromatic heterocycles. The Morgan fingerprint density at radius 1 is 1.35 bits per heavy atom. The van der Waals surface area contributed by atoms with Crippen LogP contribution >= 0.6 is 0 Å². The molecule has 140 valence electrons. The number of aromatic nitrogens is 2. The van der Waals surface area contributed by atoms with Crippen molar-refractivity contribution >= 4 is 16.9 Å². The summed E-state index contributed by atoms with van der Waals surface area (Å²) >= 11 is 0. The zero-order chi connectivity index (χ0) is 18.1. The Bertz CT molecular complexity index is 795. The van der Waals surface area contributed by atoms with Gasteiger partial charge in [-0.15, -0.1) is 0 Å². The van der Waals surface area contributed by atoms with Gasteiger partial charge in [-0.2, -0.15) is 5.10 Å². The van der Waals surface area contributed by atoms with Crippen molar-refractivity contribution in [2.45, 2.75) is 25.3 Å². The summed E-state index contributed by atoms with van der Waals surface area (Å²) < 4.78 is 10.2. The number of nitrogens with zero attached hydrogens (tertiary/aromatic N) is 2. The SMILES string of the molecule is COC(=O)c1cc(OC)cc2n[nH]c(CCN[C@@H]3CN4CCC3CC4)c12. The van der Waals surface area contributed by atoms with Crippen molar-refractivity contribution < 1.29 is 14.3 Å². The highest BCUT2D eigenvalue weighted by Crippen LogP contribution is 2.29. The van der Waals surface area contributed by atoms with Crippen LogP contribution in [-0.4, -0.2) is 67.5 Å². The number of esters is 1. The van der Waals surface area contributed by atoms with Gasteiger partial charge in [-0.25, -0.2) is 4.79 Å². The maximum absolute atomic E-state index is 12.2. The largest absolute Gasteiger partial charge is 0.497 e. The van der Waals surface area contributed by atoms with E-state index >= 15 is 0 Å². The molecule has 0 radical (unpaired) electrons. The van der Waals surface area contributed by atoms with Crippen LogP contribution in [0.4, 0.5) is 0 Å². The monoisotopic (exact) mass is 358 g/mol. The first-order valence-electron chi connectivity index (χ1n) is 9.28. The Hall–Kier alpha value is -2.12. The molecule has 7 nitrogen and oxygen atoms in total. The Balaban J connectivity index is 1.50. The normalized spacial score (nSPS) is 24.8. The van der Waals surface area contributed by atoms with Gasteiger partial charge in [0.05, 0.1) is 25.3 Å². The first-order valence-corrected chi connectivity index (χ1v) is 9.28. The molecule has 2 aromatic rings. The molecule has 26 heavy (non-hydrogen) atoms. The molecule has 2 bridgehead atoms. The van der Waals surface area contributed by atoms with Crippen LogP contribution < -0.4 is 10.1 Å². The number of aromatic amines is 1. The second kappa shape index (κ2) is 7.25. The van der Waals surface area contributed by atoms with Gasteiger partial charge in [0.25, 0.3) is 0 Å². The van der Waals surface area contributed by atoms with E-state index in [9.17, 15) is 4.79 Å². The van der Waals surface area contributed by atoms with Crippen LogP contribution in [0.1, 0.15) is 28.9 Å². The molecule has 3 aliphatic rings. The van der Waals surface area contributed by atoms with Crippen molar-refractivity contribution in [2.75, 3.05) is 40.4 Å². The third-order valence-corrected chi connectivity index (χ3v) is 5.78. The third kappa shape index (κ3) is 3.17. The molecule has 3 saturated heterocycles. The number of piperidine rings is 3. The summed E-state index contributed by atoms with van der Waals surface area (Å²) in [7, 11) is 2.97. The molecule has 2 N–H and O–H groups in total. The van der Waals surface area contributed by atoms with E-state index in [0.717, 1.165) is 42.0 Å². The molecule has 3 aliphatic heterocycles. The lowest BCUT2D eigenvalue weighted by Crippen LogP contribution is -2.56. The highest BCUT2D eigenvalue weighted by Gasteiger charge is 2.33. The lowest BCUT2D eigenvalue weighted by Gasteiger charge is -2.45. The van der Waals surface area contributed by atoms with Gasteiger partial charge in [0, 0.05) is 42.7 Å². The topological polar surface area (TPSA) is 79.5 Å². The number of ether oxygens (including phenoxy) is 2. The van der Waals surface area contributed by atoms with E-state index in [2.05, 4.69) is 20.4 Å². The number of H-pyrrole nitrogens is 1. The summed E-state index contributed by atoms with van der Waals surface area (Å²) in [4.78, 5) is 14.8. The fourth-order valence-electron chi connectivity index (χ4n) is 4.34. The predicted molar refractivity (Wildman–Crippen MR) is 98.6 cm³/mol. The number of fused-ring (bicyclic) bond motifs is 4. The summed E-state index contributed by atoms with van der Waals surface area (Å²) in [6.07, 6.45) is 3.39. The van der Waals surface area contributed by atoms with E-state index in [4.69, 9.17) is 9.47 Å². The van der Waals surface area contributed by atoms with Gasteiger partial charge in [0.1, 0.15) is 5.75 Å². The molecule has 1 aromatic carbocycles. The average Bonchev–Trinajstić information content (AvgIpc) is 3.10. The molecule has 1 atom stereocenters. The van der Waals surface area contributed by atoms with Gasteiger partial charge in [0.2, 0.25) is 0 Å². The predicted octanol–water partition coefficient (Wildman–Crippen LogP) is 1.58. The Kier molecular flexibility index (Phi) is 4.82. The van der Waals surface area contributed by atoms with Crippen molar-refractivity contribution in [1.29, 1.82) is 0 Å². The second-order valence-electron chi connectivity index (χ2n) is 7.21. The first-order chi connectivity index (χ1) is 12.7. The smallest absolute Gasteiger partial charge is 0.338 e. The van der Waals surface area contributed by atoms with Crippen LogP contribution in [0.3, 0.4) is 0 Å². The molecule has 0 unspecified atom stereocenters. The average molecular weight is 358 g/mol. The highest BCUT2D eigenvalue weighted by atomic mass is 16.5. The van der Waals surface area contributed by atoms with Crippen LogP contribution in [0.15, 0.2) is 12.1 Å². The molecular weight excluding hydrogens is 332 g/mol. The molecule has 0 aliphatic carbocycles. The van der Waals surface area contributed by atoms with Crippen LogP contribution in [0, 0.1) is 5.92 Å². The molecule has 0 amide bonds. The molecule has 5 rings (SSSR count). The Morgan fingerprint density at radius 3 is 2.81 bits per heavy atom. The van der Waals surface area contributed by atoms with Gasteiger partial charge in [0.15, 0.2) is 0 Å². The standard InChI is InChI=1S/C19H26N4O3/c1-25-13-9-14(19(24)26-2)18-15(21-22-16(18)10-13)3-6-20-17-11-23-7-4-12(17)5-8-23/h9-10,12,17,20H,3-8,11H2,1-2H3,(H,21,22)/t17-/m1/s1. The van der Waals surface area contributed by atoms with E-state index in [1.807, 2.05) is 6.07 Å². The lowest BCUT2D eigenvalue weighted by atomic mass is 9.84. The Morgan fingerprint density at radius 2 is 2.15 bits per heavy atom. The van der Waals surface area contributed by atoms with Crippen molar-refractivity contribution in [3.63, 3.8) is 0 Å². The maximum Gasteiger partial charge on any atom is 0.338 e. The summed E-state index contributed by atoms with van der Waals surface area (Å²) in [5.41, 5.74) is 2.17. The molecule has 7 heteroatoms. The van der Waals surface area contributed by atoms with Crippen molar-refractivity contribution in [3.05, 3.63) is 23.4 Å². The van der Waals surface area contributed by atoms with Gasteiger partial charge in [-0.1, -0.05) is 0 Å². The van der Waals surface area contributed by atoms with Crippen LogP contribution in [0.2, 0.25) is 0 Å². The number of benzene rings is 1. The summed E-state index contributed by atoms with van der Waals surface area (Å²) in [6, 6.07) is 4.13. The van der Waals surface area contributed by atoms with Crippen LogP contribution in [-0.2, 0) is 11.2 Å². The Labute approximate surface area is 153 Å². The molecule has 0 spiro atoms. The molecule has 4 heterocycles. The number of hydrogen-bond donors (Lipinski definition) is 2. The summed E-state index contributed by atoms with van der Waals surface area (Å²) in [6.45, 7) is 4.51. The highest BCUT2D eigenvalue weighted by molar-refractivity contribution is 6.05. The van der Waals surface area contributed by atoms with Gasteiger partial charge in [-0.05, 0) is 37.9 Å². The fraction of sp³-hybridized carbons (Fsp3) is 0.579. The lowest BCUT2D eigenvalue weighted by molar-refractivity contribution is 0.0602. The number of carbonyl (C=O) groups excluding carboxylic acids is 1. The van der Waals surface area contributed by atoms with Crippen molar-refractivity contribution in [2.24, 2.45) is 5.92 Å². The molecule has 0 saturated carbocycles. The number of carbonyl (C=O) groups is 1. The van der Waals surface area contributed by atoms with Crippen molar-refractivity contribution in [1.82, 2.24) is 20.4 Å². The van der Waals surface area contributed by atoms with E-state index in [0.29, 0.717) is 17.4 Å². The second-order valence-corrected chi connectivity index (χ2v) is 7.21. The van der Waals surface area contributed by atoms with E-state index < -0.39 is 0 Å². The van der Waals surface area contributed by atoms with Gasteiger partial charge >= 0.3 is 5.97 Å². The maximum atomic E-state index is 12.2.